The van der Waals surface area contributed by atoms with Crippen LogP contribution in [0, 0.1) is 11.3 Å². The molecule has 100 valence electrons. The Morgan fingerprint density at radius 3 is 2.33 bits per heavy atom. The number of rotatable bonds is 1. The van der Waals surface area contributed by atoms with Gasteiger partial charge in [-0.3, -0.25) is 0 Å². The summed E-state index contributed by atoms with van der Waals surface area (Å²) in [5, 5.41) is 8.44. The van der Waals surface area contributed by atoms with Crippen LogP contribution in [0.25, 0.3) is 0 Å². The molecule has 0 amide bonds. The van der Waals surface area contributed by atoms with Gasteiger partial charge in [0, 0.05) is 19.2 Å². The SMILES string of the molecule is CC(C)(C)C1CCN(c2cc(Cl)nnc2Cl)CC1. The molecule has 0 aliphatic carbocycles. The van der Waals surface area contributed by atoms with Crippen molar-refractivity contribution in [3.8, 4) is 0 Å². The van der Waals surface area contributed by atoms with E-state index in [1.165, 1.54) is 12.8 Å². The normalized spacial score (nSPS) is 18.2. The van der Waals surface area contributed by atoms with Crippen molar-refractivity contribution in [2.45, 2.75) is 33.6 Å². The van der Waals surface area contributed by atoms with Crippen LogP contribution < -0.4 is 4.90 Å². The first-order valence-electron chi connectivity index (χ1n) is 6.31. The van der Waals surface area contributed by atoms with Gasteiger partial charge in [0.05, 0.1) is 5.69 Å². The largest absolute Gasteiger partial charge is 0.369 e. The van der Waals surface area contributed by atoms with E-state index >= 15 is 0 Å². The van der Waals surface area contributed by atoms with Crippen molar-refractivity contribution in [1.29, 1.82) is 0 Å². The number of aromatic nitrogens is 2. The van der Waals surface area contributed by atoms with Crippen molar-refractivity contribution >= 4 is 28.9 Å². The quantitative estimate of drug-likeness (QED) is 0.780. The number of piperidine rings is 1. The second kappa shape index (κ2) is 5.22. The average Bonchev–Trinajstić information content (AvgIpc) is 2.31. The molecule has 0 spiro atoms. The molecule has 1 aliphatic rings. The molecule has 1 saturated heterocycles. The minimum atomic E-state index is 0.379. The van der Waals surface area contributed by atoms with Crippen LogP contribution in [-0.4, -0.2) is 23.3 Å². The maximum atomic E-state index is 6.08. The van der Waals surface area contributed by atoms with E-state index in [0.29, 0.717) is 15.7 Å². The Bertz CT molecular complexity index is 421. The molecule has 3 nitrogen and oxygen atoms in total. The molecule has 0 radical (unpaired) electrons. The third-order valence-electron chi connectivity index (χ3n) is 3.76. The first-order chi connectivity index (χ1) is 8.38. The Morgan fingerprint density at radius 2 is 1.78 bits per heavy atom. The van der Waals surface area contributed by atoms with Gasteiger partial charge in [0.15, 0.2) is 10.3 Å². The highest BCUT2D eigenvalue weighted by molar-refractivity contribution is 6.33. The minimum Gasteiger partial charge on any atom is -0.369 e. The van der Waals surface area contributed by atoms with Crippen LogP contribution in [0.5, 0.6) is 0 Å². The zero-order valence-electron chi connectivity index (χ0n) is 11.1. The predicted molar refractivity (Wildman–Crippen MR) is 76.4 cm³/mol. The highest BCUT2D eigenvalue weighted by Crippen LogP contribution is 2.36. The number of anilines is 1. The van der Waals surface area contributed by atoms with E-state index in [1.54, 1.807) is 6.07 Å². The Balaban J connectivity index is 2.08. The number of halogens is 2. The molecule has 0 aromatic carbocycles. The molecule has 2 rings (SSSR count). The van der Waals surface area contributed by atoms with Gasteiger partial charge in [0.25, 0.3) is 0 Å². The Hall–Kier alpha value is -0.540. The lowest BCUT2D eigenvalue weighted by Gasteiger charge is -2.39. The molecule has 0 unspecified atom stereocenters. The van der Waals surface area contributed by atoms with Crippen LogP contribution in [0.1, 0.15) is 33.6 Å². The standard InChI is InChI=1S/C13H19Cl2N3/c1-13(2,3)9-4-6-18(7-5-9)10-8-11(14)16-17-12(10)15/h8-9H,4-7H2,1-3H3. The Morgan fingerprint density at radius 1 is 1.17 bits per heavy atom. The molecule has 0 atom stereocenters. The van der Waals surface area contributed by atoms with Gasteiger partial charge in [0.2, 0.25) is 0 Å². The van der Waals surface area contributed by atoms with Gasteiger partial charge < -0.3 is 4.90 Å². The van der Waals surface area contributed by atoms with Crippen molar-refractivity contribution in [1.82, 2.24) is 10.2 Å². The lowest BCUT2D eigenvalue weighted by Crippen LogP contribution is -2.38. The molecule has 0 N–H and O–H groups in total. The second-order valence-corrected chi connectivity index (χ2v) is 6.72. The molecule has 1 fully saturated rings. The molecule has 0 bridgehead atoms. The zero-order chi connectivity index (χ0) is 13.3. The average molecular weight is 288 g/mol. The van der Waals surface area contributed by atoms with Gasteiger partial charge in [-0.1, -0.05) is 44.0 Å². The number of hydrogen-bond donors (Lipinski definition) is 0. The van der Waals surface area contributed by atoms with E-state index in [2.05, 4.69) is 35.9 Å². The van der Waals surface area contributed by atoms with Crippen LogP contribution in [-0.2, 0) is 0 Å². The van der Waals surface area contributed by atoms with Crippen LogP contribution in [0.3, 0.4) is 0 Å². The summed E-state index contributed by atoms with van der Waals surface area (Å²) in [6.07, 6.45) is 2.36. The molecular weight excluding hydrogens is 269 g/mol. The second-order valence-electron chi connectivity index (χ2n) is 5.97. The van der Waals surface area contributed by atoms with Crippen molar-refractivity contribution in [2.75, 3.05) is 18.0 Å². The fourth-order valence-electron chi connectivity index (χ4n) is 2.55. The molecule has 1 aromatic rings. The van der Waals surface area contributed by atoms with E-state index in [0.717, 1.165) is 24.7 Å². The van der Waals surface area contributed by atoms with Crippen molar-refractivity contribution in [2.24, 2.45) is 11.3 Å². The lowest BCUT2D eigenvalue weighted by molar-refractivity contribution is 0.199. The summed E-state index contributed by atoms with van der Waals surface area (Å²) in [7, 11) is 0. The molecule has 1 aromatic heterocycles. The van der Waals surface area contributed by atoms with E-state index < -0.39 is 0 Å². The van der Waals surface area contributed by atoms with Gasteiger partial charge in [-0.25, -0.2) is 0 Å². The monoisotopic (exact) mass is 287 g/mol. The Labute approximate surface area is 118 Å². The van der Waals surface area contributed by atoms with Crippen LogP contribution in [0.15, 0.2) is 6.07 Å². The van der Waals surface area contributed by atoms with Crippen molar-refractivity contribution < 1.29 is 0 Å². The highest BCUT2D eigenvalue weighted by atomic mass is 35.5. The summed E-state index contributed by atoms with van der Waals surface area (Å²) < 4.78 is 0. The van der Waals surface area contributed by atoms with Gasteiger partial charge >= 0.3 is 0 Å². The molecule has 2 heterocycles. The zero-order valence-corrected chi connectivity index (χ0v) is 12.6. The van der Waals surface area contributed by atoms with E-state index in [1.807, 2.05) is 0 Å². The summed E-state index contributed by atoms with van der Waals surface area (Å²) in [4.78, 5) is 2.26. The first-order valence-corrected chi connectivity index (χ1v) is 7.07. The van der Waals surface area contributed by atoms with Gasteiger partial charge in [-0.05, 0) is 24.2 Å². The van der Waals surface area contributed by atoms with Crippen molar-refractivity contribution in [3.05, 3.63) is 16.4 Å². The van der Waals surface area contributed by atoms with E-state index in [9.17, 15) is 0 Å². The molecule has 18 heavy (non-hydrogen) atoms. The van der Waals surface area contributed by atoms with Gasteiger partial charge in [-0.2, -0.15) is 0 Å². The minimum absolute atomic E-state index is 0.379. The van der Waals surface area contributed by atoms with E-state index in [-0.39, 0.29) is 0 Å². The third kappa shape index (κ3) is 3.07. The summed E-state index contributed by atoms with van der Waals surface area (Å²) in [5.41, 5.74) is 1.29. The maximum absolute atomic E-state index is 6.08. The van der Waals surface area contributed by atoms with E-state index in [4.69, 9.17) is 23.2 Å². The first kappa shape index (κ1) is 13.9. The van der Waals surface area contributed by atoms with Crippen LogP contribution in [0.2, 0.25) is 10.3 Å². The van der Waals surface area contributed by atoms with Crippen LogP contribution >= 0.6 is 23.2 Å². The fourth-order valence-corrected chi connectivity index (χ4v) is 2.91. The fraction of sp³-hybridized carbons (Fsp3) is 0.692. The highest BCUT2D eigenvalue weighted by Gasteiger charge is 2.29. The smallest absolute Gasteiger partial charge is 0.175 e. The molecule has 5 heteroatoms. The topological polar surface area (TPSA) is 29.0 Å². The molecular formula is C13H19Cl2N3. The predicted octanol–water partition coefficient (Wildman–Crippen LogP) is 4.05. The molecule has 0 saturated carbocycles. The summed E-state index contributed by atoms with van der Waals surface area (Å²) in [5.74, 6) is 0.762. The summed E-state index contributed by atoms with van der Waals surface area (Å²) in [6.45, 7) is 8.94. The van der Waals surface area contributed by atoms with Crippen LogP contribution in [0.4, 0.5) is 5.69 Å². The molecule has 1 aliphatic heterocycles. The maximum Gasteiger partial charge on any atom is 0.175 e. The number of nitrogens with zero attached hydrogens (tertiary/aromatic N) is 3. The van der Waals surface area contributed by atoms with Gasteiger partial charge in [-0.15, -0.1) is 10.2 Å². The Kier molecular flexibility index (Phi) is 4.02. The summed E-state index contributed by atoms with van der Waals surface area (Å²) >= 11 is 12.0. The van der Waals surface area contributed by atoms with Crippen molar-refractivity contribution in [3.63, 3.8) is 0 Å². The van der Waals surface area contributed by atoms with Gasteiger partial charge in [0.1, 0.15) is 0 Å². The third-order valence-corrected chi connectivity index (χ3v) is 4.21. The lowest BCUT2D eigenvalue weighted by atomic mass is 9.75. The summed E-state index contributed by atoms with van der Waals surface area (Å²) in [6, 6.07) is 1.80. The number of hydrogen-bond acceptors (Lipinski definition) is 3.